The minimum Gasteiger partial charge on any atom is -0.387 e. The molecule has 2 aliphatic rings. The molecule has 6 unspecified atom stereocenters. The summed E-state index contributed by atoms with van der Waals surface area (Å²) in [5, 5.41) is 31.8. The van der Waals surface area contributed by atoms with Crippen molar-refractivity contribution in [2.45, 2.75) is 49.1 Å². The molecule has 0 spiro atoms. The standard InChI is InChI=1S/C22H32N10O20P4S/c1-30-6-32(16-10(30)18(37)29-22(24)27-16)20-14(45-2)12(34)8(49-20)4-47-54(40,41)51-56(44,57)52-55(42,43)50-53(38,39)46-3-7-11(33)13(35)19(48-7)31-5-25-9-15(31)26-21(23)28-17(9)36/h5-8,11-14,19-20,33-35H,3-4H2,1-2H3,(H9-,23,24,26,27,28,29,36,37,38,39,40,41,42,43,44,57)/p+1/t7-,8-,11+,12+,13?,14?,19-,20-,56?/m1/s1. The van der Waals surface area contributed by atoms with Crippen molar-refractivity contribution in [3.63, 3.8) is 0 Å². The molecule has 6 heterocycles. The topological polar surface area (TPSA) is 437 Å². The van der Waals surface area contributed by atoms with Crippen molar-refractivity contribution >= 4 is 76.2 Å². The van der Waals surface area contributed by atoms with E-state index < -0.39 is 104 Å². The van der Waals surface area contributed by atoms with Gasteiger partial charge in [-0.25, -0.2) is 31.9 Å². The Morgan fingerprint density at radius 1 is 0.877 bits per heavy atom. The lowest BCUT2D eigenvalue weighted by molar-refractivity contribution is -0.746. The Labute approximate surface area is 320 Å². The van der Waals surface area contributed by atoms with Crippen LogP contribution in [0.25, 0.3) is 22.3 Å². The summed E-state index contributed by atoms with van der Waals surface area (Å²) >= 11 is 4.48. The summed E-state index contributed by atoms with van der Waals surface area (Å²) in [4.78, 5) is 81.5. The number of aromatic nitrogens is 8. The van der Waals surface area contributed by atoms with Crippen molar-refractivity contribution in [1.82, 2.24) is 34.1 Å². The predicted octanol–water partition coefficient (Wildman–Crippen LogP) is -3.66. The second kappa shape index (κ2) is 15.9. The predicted molar refractivity (Wildman–Crippen MR) is 186 cm³/mol. The van der Waals surface area contributed by atoms with Crippen LogP contribution in [0, 0.1) is 0 Å². The first kappa shape index (κ1) is 43.6. The molecule has 0 amide bonds. The van der Waals surface area contributed by atoms with Crippen molar-refractivity contribution in [3.05, 3.63) is 33.4 Å². The summed E-state index contributed by atoms with van der Waals surface area (Å²) in [7, 11) is -14.6. The van der Waals surface area contributed by atoms with Crippen molar-refractivity contribution < 1.29 is 89.3 Å². The number of imidazole rings is 2. The molecule has 4 aromatic heterocycles. The van der Waals surface area contributed by atoms with Crippen molar-refractivity contribution in [1.29, 1.82) is 0 Å². The van der Waals surface area contributed by atoms with Crippen LogP contribution in [0.3, 0.4) is 0 Å². The van der Waals surface area contributed by atoms with E-state index in [1.807, 2.05) is 0 Å². The largest absolute Gasteiger partial charge is 0.488 e. The number of aliphatic hydroxyl groups excluding tert-OH is 3. The zero-order valence-corrected chi connectivity index (χ0v) is 33.1. The Morgan fingerprint density at radius 3 is 2.11 bits per heavy atom. The van der Waals surface area contributed by atoms with Crippen LogP contribution in [0.15, 0.2) is 22.2 Å². The van der Waals surface area contributed by atoms with Crippen molar-refractivity contribution in [3.8, 4) is 0 Å². The Morgan fingerprint density at radius 2 is 1.46 bits per heavy atom. The number of ether oxygens (including phenoxy) is 3. The Bertz CT molecular complexity index is 2500. The summed E-state index contributed by atoms with van der Waals surface area (Å²) in [6.45, 7) is -7.50. The van der Waals surface area contributed by atoms with Crippen molar-refractivity contribution in [2.24, 2.45) is 7.05 Å². The zero-order chi connectivity index (χ0) is 42.0. The number of H-pyrrole nitrogens is 2. The van der Waals surface area contributed by atoms with Gasteiger partial charge in [0.25, 0.3) is 17.1 Å². The van der Waals surface area contributed by atoms with Crippen LogP contribution in [0.4, 0.5) is 11.9 Å². The highest BCUT2D eigenvalue weighted by Crippen LogP contribution is 2.71. The van der Waals surface area contributed by atoms with Gasteiger partial charge >= 0.3 is 35.8 Å². The molecule has 0 aliphatic carbocycles. The highest BCUT2D eigenvalue weighted by molar-refractivity contribution is 8.09. The van der Waals surface area contributed by atoms with E-state index in [4.69, 9.17) is 30.2 Å². The number of phosphoric acid groups is 3. The van der Waals surface area contributed by atoms with Crippen molar-refractivity contribution in [2.75, 3.05) is 31.8 Å². The fourth-order valence-corrected chi connectivity index (χ4v) is 12.3. The molecule has 0 radical (unpaired) electrons. The molecule has 4 aromatic rings. The summed E-state index contributed by atoms with van der Waals surface area (Å²) < 4.78 is 80.0. The second-order valence-corrected chi connectivity index (χ2v) is 19.7. The van der Waals surface area contributed by atoms with Gasteiger partial charge in [0.15, 0.2) is 23.7 Å². The minimum absolute atomic E-state index is 0.0162. The fourth-order valence-electron chi connectivity index (χ4n) is 5.82. The molecule has 0 bridgehead atoms. The van der Waals surface area contributed by atoms with Crippen LogP contribution in [0.5, 0.6) is 0 Å². The molecule has 57 heavy (non-hydrogen) atoms. The molecule has 2 fully saturated rings. The molecule has 30 nitrogen and oxygen atoms in total. The molecule has 316 valence electrons. The number of aromatic amines is 2. The number of phosphoric ester groups is 2. The minimum atomic E-state index is -6.03. The molecule has 6 rings (SSSR count). The number of nitrogens with zero attached hydrogens (tertiary/aromatic N) is 6. The number of rotatable bonds is 15. The monoisotopic (exact) mass is 913 g/mol. The molecule has 0 saturated carbocycles. The molecular formula is C22H33N10O20P4S+. The van der Waals surface area contributed by atoms with Crippen LogP contribution in [0.2, 0.25) is 0 Å². The van der Waals surface area contributed by atoms with Crippen LogP contribution < -0.4 is 27.2 Å². The zero-order valence-electron chi connectivity index (χ0n) is 28.7. The first-order valence-corrected chi connectivity index (χ1v) is 22.6. The number of anilines is 2. The van der Waals surface area contributed by atoms with E-state index in [9.17, 15) is 58.2 Å². The number of nitrogens with one attached hydrogen (secondary N) is 2. The lowest BCUT2D eigenvalue weighted by Crippen LogP contribution is -2.47. The van der Waals surface area contributed by atoms with Gasteiger partial charge in [0, 0.05) is 7.11 Å². The van der Waals surface area contributed by atoms with E-state index >= 15 is 0 Å². The lowest BCUT2D eigenvalue weighted by Gasteiger charge is -2.23. The summed E-state index contributed by atoms with van der Waals surface area (Å²) in [5.41, 5.74) is 9.59. The fraction of sp³-hybridized carbons (Fsp3) is 0.545. The number of hydrogen-bond donors (Lipinski definition) is 11. The summed E-state index contributed by atoms with van der Waals surface area (Å²) in [6.07, 6.45) is -9.87. The van der Waals surface area contributed by atoms with E-state index in [0.717, 1.165) is 10.9 Å². The van der Waals surface area contributed by atoms with Gasteiger partial charge in [-0.15, -0.1) is 0 Å². The average Bonchev–Trinajstić information content (AvgIpc) is 3.80. The number of nitrogen functional groups attached to an aromatic ring is 2. The first-order valence-electron chi connectivity index (χ1n) is 15.5. The number of nitrogens with two attached hydrogens (primary N) is 2. The normalized spacial score (nSPS) is 29.6. The highest BCUT2D eigenvalue weighted by atomic mass is 32.5. The van der Waals surface area contributed by atoms with Gasteiger partial charge < -0.3 is 60.6 Å². The Hall–Kier alpha value is -2.96. The second-order valence-electron chi connectivity index (χ2n) is 12.0. The smallest absolute Gasteiger partial charge is 0.387 e. The van der Waals surface area contributed by atoms with E-state index in [2.05, 4.69) is 54.2 Å². The van der Waals surface area contributed by atoms with E-state index in [1.54, 1.807) is 0 Å². The maximum Gasteiger partial charge on any atom is 0.488 e. The Kier molecular flexibility index (Phi) is 12.2. The van der Waals surface area contributed by atoms with E-state index in [-0.39, 0.29) is 34.2 Å². The molecule has 35 heteroatoms. The number of fused-ring (bicyclic) bond motifs is 2. The molecular weight excluding hydrogens is 880 g/mol. The van der Waals surface area contributed by atoms with E-state index in [0.29, 0.717) is 0 Å². The molecule has 0 aromatic carbocycles. The highest BCUT2D eigenvalue weighted by Gasteiger charge is 2.51. The van der Waals surface area contributed by atoms with Gasteiger partial charge in [-0.3, -0.25) is 37.7 Å². The third-order valence-corrected chi connectivity index (χ3v) is 15.2. The van der Waals surface area contributed by atoms with Gasteiger partial charge in [0.1, 0.15) is 36.6 Å². The molecule has 13 N–H and O–H groups in total. The summed E-state index contributed by atoms with van der Waals surface area (Å²) in [6, 6.07) is 0. The molecule has 2 saturated heterocycles. The number of aryl methyl sites for hydroxylation is 1. The lowest BCUT2D eigenvalue weighted by atomic mass is 10.1. The molecule has 2 aliphatic heterocycles. The third-order valence-electron chi connectivity index (χ3n) is 8.13. The summed E-state index contributed by atoms with van der Waals surface area (Å²) in [5.74, 6) is -0.563. The van der Waals surface area contributed by atoms with Crippen LogP contribution in [-0.4, -0.2) is 126 Å². The van der Waals surface area contributed by atoms with Crippen LogP contribution in [0.1, 0.15) is 12.5 Å². The van der Waals surface area contributed by atoms with Crippen LogP contribution in [-0.2, 0) is 68.7 Å². The quantitative estimate of drug-likeness (QED) is 0.0404. The van der Waals surface area contributed by atoms with Gasteiger partial charge in [0.2, 0.25) is 17.7 Å². The van der Waals surface area contributed by atoms with Gasteiger partial charge in [0.05, 0.1) is 26.6 Å². The van der Waals surface area contributed by atoms with Gasteiger partial charge in [-0.1, -0.05) is 4.98 Å². The average molecular weight is 914 g/mol. The first-order chi connectivity index (χ1) is 26.4. The van der Waals surface area contributed by atoms with Gasteiger partial charge in [-0.05, 0) is 11.8 Å². The number of methoxy groups -OCH3 is 1. The van der Waals surface area contributed by atoms with Gasteiger partial charge in [-0.2, -0.15) is 9.29 Å². The third kappa shape index (κ3) is 9.28. The van der Waals surface area contributed by atoms with E-state index in [1.165, 1.54) is 29.6 Å². The molecule has 12 atom stereocenters. The number of hydrogen-bond acceptors (Lipinski definition) is 22. The maximum atomic E-state index is 12.7. The number of aliphatic hydroxyl groups is 3. The Balaban J connectivity index is 1.04. The maximum absolute atomic E-state index is 12.7. The van der Waals surface area contributed by atoms with Crippen LogP contribution >= 0.6 is 30.2 Å². The SMILES string of the molecule is COC1[C@@H](O)[C@@H](COP(=O)(O)OP(O)(=S)OP(=O)(O)OP(=O)(O)OC[C@H]2O[C@@H](n3cnc4c(=O)[nH]c(N)nc43)C(O)[C@H]2O)O[C@H]1[n+]1cn(C)c2c(=O)[nH]c(N)nc21.